The molecule has 0 aliphatic heterocycles. The quantitative estimate of drug-likeness (QED) is 0.305. The maximum absolute atomic E-state index is 11.0. The number of ether oxygens (including phenoxy) is 1. The molecule has 0 fully saturated rings. The molecule has 0 spiro atoms. The molecule has 2 aromatic rings. The van der Waals surface area contributed by atoms with Crippen LogP contribution in [-0.2, 0) is 9.59 Å². The van der Waals surface area contributed by atoms with Gasteiger partial charge in [0.25, 0.3) is 0 Å². The lowest BCUT2D eigenvalue weighted by molar-refractivity contribution is -0.137. The molecule has 4 N–H and O–H groups in total. The van der Waals surface area contributed by atoms with Crippen LogP contribution in [-0.4, -0.2) is 46.7 Å². The van der Waals surface area contributed by atoms with Crippen molar-refractivity contribution in [1.29, 1.82) is 0 Å². The lowest BCUT2D eigenvalue weighted by Gasteiger charge is -2.14. The van der Waals surface area contributed by atoms with Crippen molar-refractivity contribution in [3.05, 3.63) is 21.2 Å². The number of carbonyl (C=O) groups is 2. The van der Waals surface area contributed by atoms with Gasteiger partial charge < -0.3 is 29.6 Å². The minimum atomic E-state index is -0.987. The molecule has 25 heavy (non-hydrogen) atoms. The zero-order valence-electron chi connectivity index (χ0n) is 12.9. The summed E-state index contributed by atoms with van der Waals surface area (Å²) in [7, 11) is 0. The van der Waals surface area contributed by atoms with Crippen molar-refractivity contribution in [2.75, 3.05) is 13.2 Å². The number of benzene rings is 1. The van der Waals surface area contributed by atoms with Crippen LogP contribution >= 0.6 is 31.9 Å². The standard InChI is InChI=1S/C15H16Br2N2O6/c16-9-5-10-13(14(17)15(9)24-4-3-20)11(6-18-10)25-19-8(7-21)1-2-12(22)23/h5-8,18-20H,1-4H2,(H,22,23)/t8-/m0/s1. The molecule has 1 aromatic carbocycles. The summed E-state index contributed by atoms with van der Waals surface area (Å²) in [5, 5.41) is 18.3. The van der Waals surface area contributed by atoms with Crippen molar-refractivity contribution >= 4 is 55.0 Å². The summed E-state index contributed by atoms with van der Waals surface area (Å²) in [6.07, 6.45) is 2.16. The Hall–Kier alpha value is -1.62. The topological polar surface area (TPSA) is 121 Å². The number of halogens is 2. The van der Waals surface area contributed by atoms with Gasteiger partial charge in [0.2, 0.25) is 0 Å². The maximum Gasteiger partial charge on any atom is 0.303 e. The van der Waals surface area contributed by atoms with E-state index in [-0.39, 0.29) is 26.1 Å². The van der Waals surface area contributed by atoms with Gasteiger partial charge in [0.15, 0.2) is 5.75 Å². The fourth-order valence-corrected chi connectivity index (χ4v) is 3.65. The van der Waals surface area contributed by atoms with Crippen molar-refractivity contribution in [2.45, 2.75) is 18.9 Å². The van der Waals surface area contributed by atoms with Gasteiger partial charge >= 0.3 is 5.97 Å². The second-order valence-electron chi connectivity index (χ2n) is 5.04. The normalized spacial score (nSPS) is 12.1. The van der Waals surface area contributed by atoms with Gasteiger partial charge in [0.1, 0.15) is 18.6 Å². The number of hydroxylamine groups is 1. The van der Waals surface area contributed by atoms with Crippen LogP contribution in [0.15, 0.2) is 21.2 Å². The van der Waals surface area contributed by atoms with Crippen LogP contribution in [0, 0.1) is 0 Å². The third kappa shape index (κ3) is 4.94. The van der Waals surface area contributed by atoms with E-state index in [0.717, 1.165) is 5.52 Å². The summed E-state index contributed by atoms with van der Waals surface area (Å²) in [6.45, 7) is 0.00351. The highest BCUT2D eigenvalue weighted by atomic mass is 79.9. The summed E-state index contributed by atoms with van der Waals surface area (Å²) in [5.74, 6) is -0.0757. The fourth-order valence-electron chi connectivity index (χ4n) is 2.10. The first-order valence-electron chi connectivity index (χ1n) is 7.30. The summed E-state index contributed by atoms with van der Waals surface area (Å²) in [6, 6.07) is 1.04. The smallest absolute Gasteiger partial charge is 0.303 e. The molecule has 1 heterocycles. The molecule has 0 bridgehead atoms. The molecule has 136 valence electrons. The Morgan fingerprint density at radius 2 is 2.20 bits per heavy atom. The van der Waals surface area contributed by atoms with E-state index in [2.05, 4.69) is 42.3 Å². The first-order chi connectivity index (χ1) is 12.0. The van der Waals surface area contributed by atoms with Crippen molar-refractivity contribution in [2.24, 2.45) is 0 Å². The molecule has 0 aliphatic carbocycles. The molecule has 10 heteroatoms. The molecule has 0 aliphatic rings. The van der Waals surface area contributed by atoms with Crippen molar-refractivity contribution in [3.63, 3.8) is 0 Å². The van der Waals surface area contributed by atoms with Gasteiger partial charge in [0.05, 0.1) is 32.5 Å². The number of carboxylic acid groups (broad SMARTS) is 1. The van der Waals surface area contributed by atoms with E-state index >= 15 is 0 Å². The second-order valence-corrected chi connectivity index (χ2v) is 6.69. The van der Waals surface area contributed by atoms with E-state index in [1.54, 1.807) is 12.3 Å². The number of fused-ring (bicyclic) bond motifs is 1. The largest absolute Gasteiger partial charge is 0.489 e. The molecule has 2 rings (SSSR count). The number of aromatic amines is 1. The third-order valence-electron chi connectivity index (χ3n) is 3.27. The van der Waals surface area contributed by atoms with Gasteiger partial charge in [-0.3, -0.25) is 4.79 Å². The number of aliphatic hydroxyl groups excluding tert-OH is 1. The Labute approximate surface area is 159 Å². The minimum absolute atomic E-state index is 0.110. The van der Waals surface area contributed by atoms with Crippen molar-refractivity contribution < 1.29 is 29.4 Å². The first-order valence-corrected chi connectivity index (χ1v) is 8.88. The van der Waals surface area contributed by atoms with E-state index in [9.17, 15) is 9.59 Å². The van der Waals surface area contributed by atoms with Crippen LogP contribution in [0.25, 0.3) is 10.9 Å². The molecule has 0 saturated heterocycles. The average molecular weight is 480 g/mol. The molecular formula is C15H16Br2N2O6. The Morgan fingerprint density at radius 3 is 2.84 bits per heavy atom. The molecule has 1 aromatic heterocycles. The predicted molar refractivity (Wildman–Crippen MR) is 96.8 cm³/mol. The number of carbonyl (C=O) groups excluding carboxylic acids is 1. The van der Waals surface area contributed by atoms with Crippen molar-refractivity contribution in [3.8, 4) is 11.5 Å². The molecule has 0 amide bonds. The van der Waals surface area contributed by atoms with E-state index in [1.165, 1.54) is 0 Å². The van der Waals surface area contributed by atoms with Crippen LogP contribution in [0.1, 0.15) is 12.8 Å². The zero-order chi connectivity index (χ0) is 18.4. The van der Waals surface area contributed by atoms with Crippen LogP contribution in [0.5, 0.6) is 11.5 Å². The monoisotopic (exact) mass is 478 g/mol. The molecule has 8 nitrogen and oxygen atoms in total. The summed E-state index contributed by atoms with van der Waals surface area (Å²) in [4.78, 5) is 30.1. The lowest BCUT2D eigenvalue weighted by Crippen LogP contribution is -2.33. The number of aldehydes is 1. The average Bonchev–Trinajstić information content (AvgIpc) is 2.97. The zero-order valence-corrected chi connectivity index (χ0v) is 16.1. The minimum Gasteiger partial charge on any atom is -0.489 e. The number of hydrogen-bond donors (Lipinski definition) is 4. The maximum atomic E-state index is 11.0. The highest BCUT2D eigenvalue weighted by molar-refractivity contribution is 9.11. The van der Waals surface area contributed by atoms with Crippen LogP contribution in [0.2, 0.25) is 0 Å². The summed E-state index contributed by atoms with van der Waals surface area (Å²) in [5.41, 5.74) is 3.31. The molecule has 0 unspecified atom stereocenters. The third-order valence-corrected chi connectivity index (χ3v) is 4.62. The second kappa shape index (κ2) is 9.18. The van der Waals surface area contributed by atoms with E-state index in [1.807, 2.05) is 0 Å². The number of aliphatic hydroxyl groups is 1. The summed E-state index contributed by atoms with van der Waals surface area (Å²) >= 11 is 6.86. The van der Waals surface area contributed by atoms with Gasteiger partial charge in [-0.05, 0) is 44.3 Å². The highest BCUT2D eigenvalue weighted by Gasteiger charge is 2.18. The number of H-pyrrole nitrogens is 1. The molecule has 1 atom stereocenters. The fraction of sp³-hybridized carbons (Fsp3) is 0.333. The Balaban J connectivity index is 2.21. The van der Waals surface area contributed by atoms with E-state index < -0.39 is 12.0 Å². The van der Waals surface area contributed by atoms with Crippen LogP contribution < -0.4 is 15.1 Å². The number of carboxylic acids is 1. The number of hydrogen-bond acceptors (Lipinski definition) is 6. The van der Waals surface area contributed by atoms with Gasteiger partial charge in [0, 0.05) is 12.6 Å². The lowest BCUT2D eigenvalue weighted by atomic mass is 10.2. The van der Waals surface area contributed by atoms with Gasteiger partial charge in [-0.2, -0.15) is 0 Å². The van der Waals surface area contributed by atoms with E-state index in [4.69, 9.17) is 19.8 Å². The SMILES string of the molecule is O=C[C@H](CCC(=O)O)NOc1c[nH]c2cc(Br)c(OCCO)c(Br)c12. The molecular weight excluding hydrogens is 464 g/mol. The number of aromatic nitrogens is 1. The van der Waals surface area contributed by atoms with Gasteiger partial charge in [-0.1, -0.05) is 0 Å². The highest BCUT2D eigenvalue weighted by Crippen LogP contribution is 2.43. The predicted octanol–water partition coefficient (Wildman–Crippen LogP) is 2.38. The van der Waals surface area contributed by atoms with Gasteiger partial charge in [-0.25, -0.2) is 0 Å². The number of nitrogens with one attached hydrogen (secondary N) is 2. The molecule has 0 saturated carbocycles. The summed E-state index contributed by atoms with van der Waals surface area (Å²) < 4.78 is 6.80. The Bertz CT molecular complexity index is 764. The number of aliphatic carboxylic acids is 1. The number of rotatable bonds is 10. The Kier molecular flexibility index (Phi) is 7.24. The first kappa shape index (κ1) is 19.7. The van der Waals surface area contributed by atoms with Crippen LogP contribution in [0.3, 0.4) is 0 Å². The van der Waals surface area contributed by atoms with Crippen molar-refractivity contribution in [1.82, 2.24) is 10.5 Å². The van der Waals surface area contributed by atoms with Crippen LogP contribution in [0.4, 0.5) is 0 Å². The van der Waals surface area contributed by atoms with E-state index in [0.29, 0.717) is 32.1 Å². The Morgan fingerprint density at radius 1 is 1.44 bits per heavy atom. The molecule has 0 radical (unpaired) electrons. The van der Waals surface area contributed by atoms with Gasteiger partial charge in [-0.15, -0.1) is 5.48 Å².